The van der Waals surface area contributed by atoms with Crippen LogP contribution in [-0.2, 0) is 4.79 Å². The fourth-order valence-electron chi connectivity index (χ4n) is 2.30. The molecule has 1 atom stereocenters. The summed E-state index contributed by atoms with van der Waals surface area (Å²) in [5.74, 6) is 0.271. The van der Waals surface area contributed by atoms with Crippen molar-refractivity contribution < 1.29 is 4.79 Å². The van der Waals surface area contributed by atoms with Crippen LogP contribution in [0.3, 0.4) is 0 Å². The number of carbonyl (C=O) groups is 1. The van der Waals surface area contributed by atoms with Crippen LogP contribution in [0.1, 0.15) is 37.0 Å². The highest BCUT2D eigenvalue weighted by Gasteiger charge is 2.25. The van der Waals surface area contributed by atoms with E-state index in [1.165, 1.54) is 5.01 Å². The Kier molecular flexibility index (Phi) is 4.35. The van der Waals surface area contributed by atoms with Crippen LogP contribution in [0.15, 0.2) is 5.38 Å². The van der Waals surface area contributed by atoms with Crippen LogP contribution in [-0.4, -0.2) is 46.9 Å². The van der Waals surface area contributed by atoms with Gasteiger partial charge < -0.3 is 4.90 Å². The molecule has 1 aromatic heterocycles. The number of nitrogens with zero attached hydrogens (tertiary/aromatic N) is 3. The maximum atomic E-state index is 11.6. The van der Waals surface area contributed by atoms with Gasteiger partial charge in [0, 0.05) is 43.7 Å². The zero-order valence-electron chi connectivity index (χ0n) is 11.3. The minimum absolute atomic E-state index is 0.271. The van der Waals surface area contributed by atoms with Crippen molar-refractivity contribution in [1.82, 2.24) is 14.8 Å². The van der Waals surface area contributed by atoms with E-state index in [0.717, 1.165) is 31.9 Å². The van der Waals surface area contributed by atoms with Gasteiger partial charge in [0.15, 0.2) is 0 Å². The van der Waals surface area contributed by atoms with E-state index in [4.69, 9.17) is 0 Å². The maximum Gasteiger partial charge on any atom is 0.222 e. The summed E-state index contributed by atoms with van der Waals surface area (Å²) in [6, 6.07) is 0.363. The zero-order chi connectivity index (χ0) is 13.1. The van der Waals surface area contributed by atoms with Crippen molar-refractivity contribution in [3.8, 4) is 0 Å². The van der Waals surface area contributed by atoms with Crippen LogP contribution in [0.25, 0.3) is 0 Å². The lowest BCUT2D eigenvalue weighted by Gasteiger charge is -2.37. The third-order valence-corrected chi connectivity index (χ3v) is 4.64. The van der Waals surface area contributed by atoms with E-state index >= 15 is 0 Å². The van der Waals surface area contributed by atoms with Gasteiger partial charge in [-0.05, 0) is 13.8 Å². The molecule has 2 heterocycles. The molecule has 1 aliphatic rings. The number of aromatic nitrogens is 1. The molecule has 5 heteroatoms. The van der Waals surface area contributed by atoms with E-state index in [0.29, 0.717) is 12.5 Å². The Bertz CT molecular complexity index is 410. The predicted molar refractivity (Wildman–Crippen MR) is 73.7 cm³/mol. The Morgan fingerprint density at radius 3 is 2.61 bits per heavy atom. The topological polar surface area (TPSA) is 36.4 Å². The van der Waals surface area contributed by atoms with E-state index in [9.17, 15) is 4.79 Å². The van der Waals surface area contributed by atoms with Crippen molar-refractivity contribution in [2.24, 2.45) is 0 Å². The van der Waals surface area contributed by atoms with Gasteiger partial charge in [0.1, 0.15) is 5.01 Å². The molecule has 1 aliphatic heterocycles. The van der Waals surface area contributed by atoms with Gasteiger partial charge in [-0.3, -0.25) is 9.69 Å². The van der Waals surface area contributed by atoms with E-state index < -0.39 is 0 Å². The summed E-state index contributed by atoms with van der Waals surface area (Å²) in [6.45, 7) is 9.76. The molecule has 1 fully saturated rings. The summed E-state index contributed by atoms with van der Waals surface area (Å²) in [5, 5.41) is 3.28. The fourth-order valence-corrected chi connectivity index (χ4v) is 3.19. The van der Waals surface area contributed by atoms with E-state index in [1.54, 1.807) is 11.3 Å². The number of hydrogen-bond donors (Lipinski definition) is 0. The molecule has 0 N–H and O–H groups in total. The lowest BCUT2D eigenvalue weighted by atomic mass is 10.2. The third-order valence-electron chi connectivity index (χ3n) is 3.51. The Hall–Kier alpha value is -0.940. The number of thiazole rings is 1. The number of amides is 1. The van der Waals surface area contributed by atoms with Crippen LogP contribution >= 0.6 is 11.3 Å². The highest BCUT2D eigenvalue weighted by atomic mass is 32.1. The SMILES string of the molecule is CCC(=O)N1CCN(C(C)c2nc(C)cs2)CC1. The Balaban J connectivity index is 1.91. The highest BCUT2D eigenvalue weighted by Crippen LogP contribution is 2.24. The Morgan fingerprint density at radius 1 is 1.44 bits per heavy atom. The van der Waals surface area contributed by atoms with Gasteiger partial charge >= 0.3 is 0 Å². The second-order valence-corrected chi connectivity index (χ2v) is 5.66. The second-order valence-electron chi connectivity index (χ2n) is 4.77. The van der Waals surface area contributed by atoms with Gasteiger partial charge in [0.25, 0.3) is 0 Å². The van der Waals surface area contributed by atoms with Crippen LogP contribution in [0.4, 0.5) is 0 Å². The number of piperazine rings is 1. The summed E-state index contributed by atoms with van der Waals surface area (Å²) in [7, 11) is 0. The fraction of sp³-hybridized carbons (Fsp3) is 0.692. The Labute approximate surface area is 113 Å². The minimum atomic E-state index is 0.271. The standard InChI is InChI=1S/C13H21N3OS/c1-4-12(17)16-7-5-15(6-8-16)11(3)13-14-10(2)9-18-13/h9,11H,4-8H2,1-3H3. The van der Waals surface area contributed by atoms with Crippen molar-refractivity contribution in [3.05, 3.63) is 16.1 Å². The molecular formula is C13H21N3OS. The quantitative estimate of drug-likeness (QED) is 0.841. The van der Waals surface area contributed by atoms with Crippen molar-refractivity contribution in [3.63, 3.8) is 0 Å². The maximum absolute atomic E-state index is 11.6. The number of rotatable bonds is 3. The van der Waals surface area contributed by atoms with Gasteiger partial charge in [0.05, 0.1) is 6.04 Å². The highest BCUT2D eigenvalue weighted by molar-refractivity contribution is 7.09. The molecule has 0 spiro atoms. The number of hydrogen-bond acceptors (Lipinski definition) is 4. The van der Waals surface area contributed by atoms with Gasteiger partial charge in [0.2, 0.25) is 5.91 Å². The number of carbonyl (C=O) groups excluding carboxylic acids is 1. The minimum Gasteiger partial charge on any atom is -0.340 e. The summed E-state index contributed by atoms with van der Waals surface area (Å²) in [6.07, 6.45) is 0.612. The first kappa shape index (κ1) is 13.5. The van der Waals surface area contributed by atoms with Crippen LogP contribution < -0.4 is 0 Å². The molecule has 18 heavy (non-hydrogen) atoms. The monoisotopic (exact) mass is 267 g/mol. The van der Waals surface area contributed by atoms with E-state index in [1.807, 2.05) is 18.7 Å². The molecule has 2 rings (SSSR count). The van der Waals surface area contributed by atoms with Crippen LogP contribution in [0, 0.1) is 6.92 Å². The lowest BCUT2D eigenvalue weighted by molar-refractivity contribution is -0.132. The first-order valence-corrected chi connectivity index (χ1v) is 7.43. The summed E-state index contributed by atoms with van der Waals surface area (Å²) in [5.41, 5.74) is 1.10. The molecule has 0 saturated carbocycles. The molecule has 0 aromatic carbocycles. The molecule has 1 aromatic rings. The average molecular weight is 267 g/mol. The van der Waals surface area contributed by atoms with Gasteiger partial charge in [-0.25, -0.2) is 4.98 Å². The molecule has 0 radical (unpaired) electrons. The van der Waals surface area contributed by atoms with Crippen molar-refractivity contribution in [2.75, 3.05) is 26.2 Å². The zero-order valence-corrected chi connectivity index (χ0v) is 12.2. The lowest BCUT2D eigenvalue weighted by Crippen LogP contribution is -2.49. The van der Waals surface area contributed by atoms with Crippen molar-refractivity contribution in [1.29, 1.82) is 0 Å². The normalized spacial score (nSPS) is 18.9. The molecule has 1 saturated heterocycles. The summed E-state index contributed by atoms with van der Waals surface area (Å²) < 4.78 is 0. The largest absolute Gasteiger partial charge is 0.340 e. The predicted octanol–water partition coefficient (Wildman–Crippen LogP) is 2.07. The molecule has 100 valence electrons. The Morgan fingerprint density at radius 2 is 2.11 bits per heavy atom. The summed E-state index contributed by atoms with van der Waals surface area (Å²) in [4.78, 5) is 20.5. The third kappa shape index (κ3) is 2.90. The molecule has 1 unspecified atom stereocenters. The molecule has 0 aliphatic carbocycles. The van der Waals surface area contributed by atoms with Crippen molar-refractivity contribution >= 4 is 17.2 Å². The van der Waals surface area contributed by atoms with Crippen LogP contribution in [0.5, 0.6) is 0 Å². The van der Waals surface area contributed by atoms with Gasteiger partial charge in [-0.1, -0.05) is 6.92 Å². The van der Waals surface area contributed by atoms with E-state index in [2.05, 4.69) is 22.2 Å². The molecule has 1 amide bonds. The molecule has 4 nitrogen and oxygen atoms in total. The van der Waals surface area contributed by atoms with E-state index in [-0.39, 0.29) is 5.91 Å². The molecule has 0 bridgehead atoms. The first-order chi connectivity index (χ1) is 8.61. The van der Waals surface area contributed by atoms with Gasteiger partial charge in [-0.2, -0.15) is 0 Å². The number of aryl methyl sites for hydroxylation is 1. The first-order valence-electron chi connectivity index (χ1n) is 6.55. The molecular weight excluding hydrogens is 246 g/mol. The van der Waals surface area contributed by atoms with Crippen molar-refractivity contribution in [2.45, 2.75) is 33.2 Å². The van der Waals surface area contributed by atoms with Crippen LogP contribution in [0.2, 0.25) is 0 Å². The average Bonchev–Trinajstić information content (AvgIpc) is 2.84. The van der Waals surface area contributed by atoms with Gasteiger partial charge in [-0.15, -0.1) is 11.3 Å². The summed E-state index contributed by atoms with van der Waals surface area (Å²) >= 11 is 1.73. The smallest absolute Gasteiger partial charge is 0.222 e. The second kappa shape index (κ2) is 5.80.